The summed E-state index contributed by atoms with van der Waals surface area (Å²) < 4.78 is 27.2. The molecule has 0 saturated carbocycles. The third-order valence-electron chi connectivity index (χ3n) is 4.46. The number of rotatable bonds is 3. The Morgan fingerprint density at radius 1 is 1.33 bits per heavy atom. The number of fused-ring (bicyclic) bond motifs is 1. The number of nitrogens with zero attached hydrogens (tertiary/aromatic N) is 2. The van der Waals surface area contributed by atoms with Gasteiger partial charge in [-0.05, 0) is 43.5 Å². The first-order chi connectivity index (χ1) is 10.0. The molecule has 5 nitrogen and oxygen atoms in total. The number of nitriles is 1. The minimum absolute atomic E-state index is 0.00622. The molecule has 2 fully saturated rings. The first-order valence-electron chi connectivity index (χ1n) is 7.22. The highest BCUT2D eigenvalue weighted by molar-refractivity contribution is 7.88. The van der Waals surface area contributed by atoms with Gasteiger partial charge in [0.15, 0.2) is 0 Å². The SMILES string of the molecule is CC1CC2CNCC2N1S(=O)(=O)Cc1ccc(C#N)cc1. The first-order valence-corrected chi connectivity index (χ1v) is 8.83. The predicted octanol–water partition coefficient (Wildman–Crippen LogP) is 1.07. The van der Waals surface area contributed by atoms with E-state index in [-0.39, 0.29) is 17.8 Å². The predicted molar refractivity (Wildman–Crippen MR) is 79.8 cm³/mol. The van der Waals surface area contributed by atoms with Crippen LogP contribution in [0.1, 0.15) is 24.5 Å². The molecule has 0 bridgehead atoms. The Labute approximate surface area is 125 Å². The molecule has 0 amide bonds. The molecule has 2 heterocycles. The van der Waals surface area contributed by atoms with Crippen molar-refractivity contribution in [3.8, 4) is 6.07 Å². The van der Waals surface area contributed by atoms with E-state index in [9.17, 15) is 8.42 Å². The summed E-state index contributed by atoms with van der Waals surface area (Å²) in [7, 11) is -3.33. The molecule has 2 aliphatic rings. The number of hydrogen-bond acceptors (Lipinski definition) is 4. The fourth-order valence-corrected chi connectivity index (χ4v) is 5.62. The molecule has 2 saturated heterocycles. The molecule has 0 aromatic heterocycles. The normalized spacial score (nSPS) is 29.2. The Morgan fingerprint density at radius 3 is 2.71 bits per heavy atom. The maximum Gasteiger partial charge on any atom is 0.218 e. The van der Waals surface area contributed by atoms with Gasteiger partial charge in [0.2, 0.25) is 10.0 Å². The van der Waals surface area contributed by atoms with E-state index in [1.165, 1.54) is 0 Å². The van der Waals surface area contributed by atoms with E-state index in [4.69, 9.17) is 5.26 Å². The number of benzene rings is 1. The van der Waals surface area contributed by atoms with Crippen LogP contribution < -0.4 is 5.32 Å². The van der Waals surface area contributed by atoms with Crippen LogP contribution in [0.2, 0.25) is 0 Å². The van der Waals surface area contributed by atoms with Gasteiger partial charge >= 0.3 is 0 Å². The zero-order valence-corrected chi connectivity index (χ0v) is 12.8. The van der Waals surface area contributed by atoms with Crippen molar-refractivity contribution >= 4 is 10.0 Å². The van der Waals surface area contributed by atoms with Gasteiger partial charge in [-0.1, -0.05) is 12.1 Å². The van der Waals surface area contributed by atoms with Crippen LogP contribution in [0.4, 0.5) is 0 Å². The van der Waals surface area contributed by atoms with Gasteiger partial charge < -0.3 is 5.32 Å². The summed E-state index contributed by atoms with van der Waals surface area (Å²) in [6, 6.07) is 8.99. The summed E-state index contributed by atoms with van der Waals surface area (Å²) in [6.45, 7) is 3.66. The minimum atomic E-state index is -3.33. The summed E-state index contributed by atoms with van der Waals surface area (Å²) in [5, 5.41) is 12.1. The lowest BCUT2D eigenvalue weighted by Crippen LogP contribution is -2.43. The minimum Gasteiger partial charge on any atom is -0.315 e. The summed E-state index contributed by atoms with van der Waals surface area (Å²) in [4.78, 5) is 0. The van der Waals surface area contributed by atoms with Gasteiger partial charge in [0.25, 0.3) is 0 Å². The molecule has 1 aromatic carbocycles. The first kappa shape index (κ1) is 14.5. The average Bonchev–Trinajstić information content (AvgIpc) is 2.98. The molecule has 6 heteroatoms. The van der Waals surface area contributed by atoms with Crippen molar-refractivity contribution < 1.29 is 8.42 Å². The van der Waals surface area contributed by atoms with Crippen LogP contribution in [0, 0.1) is 17.2 Å². The molecular formula is C15H19N3O2S. The zero-order valence-electron chi connectivity index (χ0n) is 12.0. The van der Waals surface area contributed by atoms with E-state index < -0.39 is 10.0 Å². The van der Waals surface area contributed by atoms with E-state index in [1.54, 1.807) is 28.6 Å². The zero-order chi connectivity index (χ0) is 15.0. The molecule has 1 aromatic rings. The third-order valence-corrected chi connectivity index (χ3v) is 6.43. The van der Waals surface area contributed by atoms with Gasteiger partial charge in [-0.2, -0.15) is 9.57 Å². The van der Waals surface area contributed by atoms with E-state index in [0.29, 0.717) is 11.5 Å². The molecular weight excluding hydrogens is 286 g/mol. The standard InChI is InChI=1S/C15H19N3O2S/c1-11-6-14-8-17-9-15(14)18(11)21(19,20)10-13-4-2-12(7-16)3-5-13/h2-5,11,14-15,17H,6,8-10H2,1H3. The van der Waals surface area contributed by atoms with E-state index in [0.717, 1.165) is 25.1 Å². The highest BCUT2D eigenvalue weighted by Crippen LogP contribution is 2.35. The molecule has 112 valence electrons. The van der Waals surface area contributed by atoms with Crippen molar-refractivity contribution in [2.75, 3.05) is 13.1 Å². The maximum atomic E-state index is 12.7. The van der Waals surface area contributed by atoms with Gasteiger partial charge in [0, 0.05) is 18.6 Å². The van der Waals surface area contributed by atoms with Gasteiger partial charge in [0.1, 0.15) is 0 Å². The molecule has 1 N–H and O–H groups in total. The maximum absolute atomic E-state index is 12.7. The van der Waals surface area contributed by atoms with Crippen LogP contribution in [0.3, 0.4) is 0 Å². The topological polar surface area (TPSA) is 73.2 Å². The fourth-order valence-electron chi connectivity index (χ4n) is 3.57. The van der Waals surface area contributed by atoms with E-state index in [1.807, 2.05) is 13.0 Å². The van der Waals surface area contributed by atoms with Crippen LogP contribution >= 0.6 is 0 Å². The van der Waals surface area contributed by atoms with E-state index in [2.05, 4.69) is 5.32 Å². The van der Waals surface area contributed by atoms with Crippen LogP contribution in [0.5, 0.6) is 0 Å². The average molecular weight is 305 g/mol. The summed E-state index contributed by atoms with van der Waals surface area (Å²) in [5.74, 6) is 0.447. The van der Waals surface area contributed by atoms with Gasteiger partial charge in [-0.25, -0.2) is 8.42 Å². The lowest BCUT2D eigenvalue weighted by Gasteiger charge is -2.26. The molecule has 2 aliphatic heterocycles. The Morgan fingerprint density at radius 2 is 2.05 bits per heavy atom. The van der Waals surface area contributed by atoms with E-state index >= 15 is 0 Å². The van der Waals surface area contributed by atoms with Gasteiger partial charge in [0.05, 0.1) is 17.4 Å². The quantitative estimate of drug-likeness (QED) is 0.906. The van der Waals surface area contributed by atoms with Gasteiger partial charge in [-0.15, -0.1) is 0 Å². The summed E-state index contributed by atoms with van der Waals surface area (Å²) in [6.07, 6.45) is 0.935. The number of hydrogen-bond donors (Lipinski definition) is 1. The molecule has 3 rings (SSSR count). The van der Waals surface area contributed by atoms with Crippen molar-refractivity contribution in [3.63, 3.8) is 0 Å². The van der Waals surface area contributed by atoms with Crippen LogP contribution in [-0.4, -0.2) is 37.9 Å². The second-order valence-electron chi connectivity index (χ2n) is 5.97. The van der Waals surface area contributed by atoms with Crippen molar-refractivity contribution in [3.05, 3.63) is 35.4 Å². The lowest BCUT2D eigenvalue weighted by atomic mass is 10.0. The molecule has 0 radical (unpaired) electrons. The Bertz CT molecular complexity index is 663. The molecule has 0 aliphatic carbocycles. The molecule has 0 spiro atoms. The molecule has 3 unspecified atom stereocenters. The smallest absolute Gasteiger partial charge is 0.218 e. The van der Waals surface area contributed by atoms with Crippen LogP contribution in [0.25, 0.3) is 0 Å². The monoisotopic (exact) mass is 305 g/mol. The Hall–Kier alpha value is -1.42. The van der Waals surface area contributed by atoms with Gasteiger partial charge in [-0.3, -0.25) is 0 Å². The van der Waals surface area contributed by atoms with Crippen molar-refractivity contribution in [1.29, 1.82) is 5.26 Å². The highest BCUT2D eigenvalue weighted by Gasteiger charge is 2.47. The molecule has 3 atom stereocenters. The summed E-state index contributed by atoms with van der Waals surface area (Å²) >= 11 is 0. The van der Waals surface area contributed by atoms with Crippen molar-refractivity contribution in [1.82, 2.24) is 9.62 Å². The number of sulfonamides is 1. The fraction of sp³-hybridized carbons (Fsp3) is 0.533. The summed E-state index contributed by atoms with van der Waals surface area (Å²) in [5.41, 5.74) is 1.28. The van der Waals surface area contributed by atoms with Crippen molar-refractivity contribution in [2.24, 2.45) is 5.92 Å². The van der Waals surface area contributed by atoms with Crippen LogP contribution in [-0.2, 0) is 15.8 Å². The Kier molecular flexibility index (Phi) is 3.74. The third kappa shape index (κ3) is 2.69. The highest BCUT2D eigenvalue weighted by atomic mass is 32.2. The lowest BCUT2D eigenvalue weighted by molar-refractivity contribution is 0.335. The second kappa shape index (κ2) is 5.41. The Balaban J connectivity index is 1.81. The van der Waals surface area contributed by atoms with Crippen molar-refractivity contribution in [2.45, 2.75) is 31.2 Å². The molecule has 21 heavy (non-hydrogen) atoms. The number of nitrogens with one attached hydrogen (secondary N) is 1. The largest absolute Gasteiger partial charge is 0.315 e. The second-order valence-corrected chi connectivity index (χ2v) is 7.84. The van der Waals surface area contributed by atoms with Crippen LogP contribution in [0.15, 0.2) is 24.3 Å².